The van der Waals surface area contributed by atoms with Crippen molar-refractivity contribution >= 4 is 5.69 Å². The van der Waals surface area contributed by atoms with Crippen LogP contribution in [0, 0.1) is 0 Å². The van der Waals surface area contributed by atoms with Gasteiger partial charge in [0.05, 0.1) is 6.20 Å². The lowest BCUT2D eigenvalue weighted by Crippen LogP contribution is -1.99. The molecule has 2 aromatic rings. The van der Waals surface area contributed by atoms with Crippen molar-refractivity contribution < 1.29 is 0 Å². The predicted octanol–water partition coefficient (Wildman–Crippen LogP) is 3.64. The molecule has 18 heavy (non-hydrogen) atoms. The molecule has 0 fully saturated rings. The zero-order valence-corrected chi connectivity index (χ0v) is 11.4. The lowest BCUT2D eigenvalue weighted by Gasteiger charge is -2.08. The average Bonchev–Trinajstić information content (AvgIpc) is 2.85. The molecule has 0 radical (unpaired) electrons. The first kappa shape index (κ1) is 12.7. The molecule has 0 saturated carbocycles. The van der Waals surface area contributed by atoms with Gasteiger partial charge in [-0.3, -0.25) is 4.68 Å². The van der Waals surface area contributed by atoms with E-state index in [9.17, 15) is 0 Å². The minimum atomic E-state index is 0.585. The first-order chi connectivity index (χ1) is 8.69. The summed E-state index contributed by atoms with van der Waals surface area (Å²) < 4.78 is 1.94. The van der Waals surface area contributed by atoms with E-state index < -0.39 is 0 Å². The van der Waals surface area contributed by atoms with Crippen LogP contribution >= 0.6 is 0 Å². The number of rotatable bonds is 5. The minimum Gasteiger partial charge on any atom is -0.381 e. The van der Waals surface area contributed by atoms with E-state index in [1.54, 1.807) is 0 Å². The highest BCUT2D eigenvalue weighted by Gasteiger charge is 2.00. The number of nitrogens with zero attached hydrogens (tertiary/aromatic N) is 2. The summed E-state index contributed by atoms with van der Waals surface area (Å²) in [6, 6.07) is 8.64. The normalized spacial score (nSPS) is 10.9. The number of hydrogen-bond acceptors (Lipinski definition) is 2. The predicted molar refractivity (Wildman–Crippen MR) is 75.8 cm³/mol. The minimum absolute atomic E-state index is 0.585. The molecule has 0 bridgehead atoms. The van der Waals surface area contributed by atoms with Crippen LogP contribution in [0.4, 0.5) is 5.69 Å². The third-order valence-electron chi connectivity index (χ3n) is 3.08. The van der Waals surface area contributed by atoms with Crippen LogP contribution in [0.1, 0.15) is 37.8 Å². The van der Waals surface area contributed by atoms with Gasteiger partial charge in [-0.25, -0.2) is 0 Å². The molecule has 1 aromatic heterocycles. The zero-order valence-electron chi connectivity index (χ0n) is 11.4. The maximum absolute atomic E-state index is 4.26. The first-order valence-corrected chi connectivity index (χ1v) is 6.54. The van der Waals surface area contributed by atoms with Crippen molar-refractivity contribution in [1.82, 2.24) is 9.78 Å². The van der Waals surface area contributed by atoms with Gasteiger partial charge in [-0.2, -0.15) is 5.10 Å². The van der Waals surface area contributed by atoms with E-state index in [0.29, 0.717) is 5.92 Å². The molecule has 0 saturated heterocycles. The van der Waals surface area contributed by atoms with Gasteiger partial charge in [0.25, 0.3) is 0 Å². The van der Waals surface area contributed by atoms with E-state index in [2.05, 4.69) is 61.6 Å². The molecule has 0 unspecified atom stereocenters. The molecule has 0 spiro atoms. The van der Waals surface area contributed by atoms with Crippen molar-refractivity contribution in [1.29, 1.82) is 0 Å². The largest absolute Gasteiger partial charge is 0.381 e. The second kappa shape index (κ2) is 5.71. The molecule has 96 valence electrons. The number of anilines is 1. The first-order valence-electron chi connectivity index (χ1n) is 6.54. The van der Waals surface area contributed by atoms with Crippen molar-refractivity contribution in [3.63, 3.8) is 0 Å². The standard InChI is InChI=1S/C15H21N3/c1-4-18-11-13(10-17-18)9-16-15-7-5-14(6-8-15)12(2)3/h5-8,10-12,16H,4,9H2,1-3H3. The highest BCUT2D eigenvalue weighted by atomic mass is 15.3. The Hall–Kier alpha value is -1.77. The Balaban J connectivity index is 1.93. The third-order valence-corrected chi connectivity index (χ3v) is 3.08. The van der Waals surface area contributed by atoms with Crippen LogP contribution < -0.4 is 5.32 Å². The molecule has 0 atom stereocenters. The molecule has 2 rings (SSSR count). The van der Waals surface area contributed by atoms with Gasteiger partial charge < -0.3 is 5.32 Å². The Morgan fingerprint density at radius 2 is 1.94 bits per heavy atom. The summed E-state index contributed by atoms with van der Waals surface area (Å²) in [5.74, 6) is 0.585. The van der Waals surface area contributed by atoms with E-state index >= 15 is 0 Å². The highest BCUT2D eigenvalue weighted by molar-refractivity contribution is 5.45. The third kappa shape index (κ3) is 3.13. The fraction of sp³-hybridized carbons (Fsp3) is 0.400. The van der Waals surface area contributed by atoms with Gasteiger partial charge in [-0.15, -0.1) is 0 Å². The zero-order chi connectivity index (χ0) is 13.0. The van der Waals surface area contributed by atoms with E-state index in [1.165, 1.54) is 11.1 Å². The molecular formula is C15H21N3. The Bertz CT molecular complexity index is 483. The topological polar surface area (TPSA) is 29.9 Å². The maximum Gasteiger partial charge on any atom is 0.0539 e. The Kier molecular flexibility index (Phi) is 4.03. The van der Waals surface area contributed by atoms with Gasteiger partial charge >= 0.3 is 0 Å². The van der Waals surface area contributed by atoms with Crippen molar-refractivity contribution in [3.05, 3.63) is 47.8 Å². The van der Waals surface area contributed by atoms with E-state index in [0.717, 1.165) is 18.8 Å². The van der Waals surface area contributed by atoms with Crippen LogP contribution in [0.3, 0.4) is 0 Å². The molecule has 3 nitrogen and oxygen atoms in total. The quantitative estimate of drug-likeness (QED) is 0.869. The average molecular weight is 243 g/mol. The van der Waals surface area contributed by atoms with Gasteiger partial charge in [-0.05, 0) is 30.5 Å². The summed E-state index contributed by atoms with van der Waals surface area (Å²) in [6.45, 7) is 8.25. The fourth-order valence-corrected chi connectivity index (χ4v) is 1.86. The second-order valence-corrected chi connectivity index (χ2v) is 4.83. The van der Waals surface area contributed by atoms with Gasteiger partial charge in [0, 0.05) is 30.5 Å². The summed E-state index contributed by atoms with van der Waals surface area (Å²) >= 11 is 0. The molecule has 1 heterocycles. The maximum atomic E-state index is 4.26. The SMILES string of the molecule is CCn1cc(CNc2ccc(C(C)C)cc2)cn1. The lowest BCUT2D eigenvalue weighted by atomic mass is 10.0. The highest BCUT2D eigenvalue weighted by Crippen LogP contribution is 2.17. The molecule has 3 heteroatoms. The number of aryl methyl sites for hydroxylation is 1. The molecule has 0 amide bonds. The summed E-state index contributed by atoms with van der Waals surface area (Å²) in [7, 11) is 0. The van der Waals surface area contributed by atoms with E-state index in [-0.39, 0.29) is 0 Å². The van der Waals surface area contributed by atoms with Crippen molar-refractivity contribution in [2.75, 3.05) is 5.32 Å². The van der Waals surface area contributed by atoms with Crippen molar-refractivity contribution in [3.8, 4) is 0 Å². The van der Waals surface area contributed by atoms with Crippen molar-refractivity contribution in [2.45, 2.75) is 39.8 Å². The molecule has 1 aromatic carbocycles. The molecule has 0 aliphatic rings. The van der Waals surface area contributed by atoms with E-state index in [1.807, 2.05) is 10.9 Å². The molecule has 0 aliphatic heterocycles. The summed E-state index contributed by atoms with van der Waals surface area (Å²) in [6.07, 6.45) is 3.99. The molecule has 0 aliphatic carbocycles. The number of nitrogens with one attached hydrogen (secondary N) is 1. The van der Waals surface area contributed by atoms with Crippen LogP contribution in [0.2, 0.25) is 0 Å². The molecular weight excluding hydrogens is 222 g/mol. The smallest absolute Gasteiger partial charge is 0.0539 e. The number of benzene rings is 1. The summed E-state index contributed by atoms with van der Waals surface area (Å²) in [4.78, 5) is 0. The van der Waals surface area contributed by atoms with Gasteiger partial charge in [0.15, 0.2) is 0 Å². The number of aromatic nitrogens is 2. The lowest BCUT2D eigenvalue weighted by molar-refractivity contribution is 0.659. The van der Waals surface area contributed by atoms with Gasteiger partial charge in [0.1, 0.15) is 0 Å². The molecule has 1 N–H and O–H groups in total. The van der Waals surface area contributed by atoms with Gasteiger partial charge in [0.2, 0.25) is 0 Å². The number of hydrogen-bond donors (Lipinski definition) is 1. The van der Waals surface area contributed by atoms with Crippen molar-refractivity contribution in [2.24, 2.45) is 0 Å². The van der Waals surface area contributed by atoms with Crippen LogP contribution in [-0.2, 0) is 13.1 Å². The van der Waals surface area contributed by atoms with Crippen LogP contribution in [0.25, 0.3) is 0 Å². The second-order valence-electron chi connectivity index (χ2n) is 4.83. The Morgan fingerprint density at radius 3 is 2.50 bits per heavy atom. The Labute approximate surface area is 109 Å². The summed E-state index contributed by atoms with van der Waals surface area (Å²) in [5, 5.41) is 7.67. The fourth-order valence-electron chi connectivity index (χ4n) is 1.86. The Morgan fingerprint density at radius 1 is 1.22 bits per heavy atom. The summed E-state index contributed by atoms with van der Waals surface area (Å²) in [5.41, 5.74) is 3.74. The van der Waals surface area contributed by atoms with Crippen LogP contribution in [0.15, 0.2) is 36.7 Å². The van der Waals surface area contributed by atoms with Crippen LogP contribution in [0.5, 0.6) is 0 Å². The van der Waals surface area contributed by atoms with Gasteiger partial charge in [-0.1, -0.05) is 26.0 Å². The van der Waals surface area contributed by atoms with E-state index in [4.69, 9.17) is 0 Å². The monoisotopic (exact) mass is 243 g/mol. The van der Waals surface area contributed by atoms with Crippen LogP contribution in [-0.4, -0.2) is 9.78 Å².